The van der Waals surface area contributed by atoms with E-state index in [0.717, 1.165) is 122 Å². The van der Waals surface area contributed by atoms with Crippen molar-refractivity contribution < 1.29 is 23.8 Å². The number of carbonyl (C=O) groups excluding carboxylic acids is 2. The van der Waals surface area contributed by atoms with Crippen LogP contribution < -0.4 is 0 Å². The number of carbonyl (C=O) groups is 2. The van der Waals surface area contributed by atoms with Gasteiger partial charge < -0.3 is 14.2 Å². The summed E-state index contributed by atoms with van der Waals surface area (Å²) >= 11 is 0. The van der Waals surface area contributed by atoms with Crippen molar-refractivity contribution in [1.29, 1.82) is 0 Å². The Hall–Kier alpha value is -3.44. The molecule has 0 aromatic heterocycles. The molecule has 0 aliphatic carbocycles. The van der Waals surface area contributed by atoms with Crippen LogP contribution in [0.4, 0.5) is 0 Å². The molecule has 70 heavy (non-hydrogen) atoms. The van der Waals surface area contributed by atoms with E-state index >= 15 is 0 Å². The summed E-state index contributed by atoms with van der Waals surface area (Å²) in [5, 5.41) is 0. The fourth-order valence-electron chi connectivity index (χ4n) is 7.96. The molecule has 0 rings (SSSR count). The second kappa shape index (κ2) is 59.9. The average Bonchev–Trinajstić information content (AvgIpc) is 3.36. The van der Waals surface area contributed by atoms with Crippen molar-refractivity contribution in [2.24, 2.45) is 0 Å². The van der Waals surface area contributed by atoms with Gasteiger partial charge in [-0.3, -0.25) is 9.59 Å². The van der Waals surface area contributed by atoms with Gasteiger partial charge in [0, 0.05) is 19.4 Å². The SMILES string of the molecule is CC/C=C\C/C=C\C/C=C\C/C=C\CCCCCCC(=O)OCC(COCCCCCCCCCCCC/C=C\C/C=C\CCCCC)OC(=O)CCCCCCCCC/C=C\C/C=C\C/C=C\CC. The number of hydrogen-bond acceptors (Lipinski definition) is 5. The van der Waals surface area contributed by atoms with Gasteiger partial charge in [0.05, 0.1) is 6.61 Å². The van der Waals surface area contributed by atoms with Gasteiger partial charge in [0.1, 0.15) is 6.61 Å². The molecule has 1 atom stereocenters. The minimum Gasteiger partial charge on any atom is -0.462 e. The third kappa shape index (κ3) is 57.1. The molecule has 0 saturated carbocycles. The summed E-state index contributed by atoms with van der Waals surface area (Å²) in [5.74, 6) is -0.437. The van der Waals surface area contributed by atoms with Crippen molar-refractivity contribution in [1.82, 2.24) is 0 Å². The van der Waals surface area contributed by atoms with Gasteiger partial charge in [-0.05, 0) is 122 Å². The maximum atomic E-state index is 12.9. The molecule has 0 aromatic carbocycles. The van der Waals surface area contributed by atoms with Gasteiger partial charge in [-0.1, -0.05) is 239 Å². The molecule has 400 valence electrons. The van der Waals surface area contributed by atoms with Gasteiger partial charge in [-0.25, -0.2) is 0 Å². The Kier molecular flexibility index (Phi) is 56.9. The normalized spacial score (nSPS) is 13.0. The molecule has 0 aliphatic rings. The van der Waals surface area contributed by atoms with Gasteiger partial charge in [-0.2, -0.15) is 0 Å². The Balaban J connectivity index is 4.35. The predicted molar refractivity (Wildman–Crippen MR) is 306 cm³/mol. The van der Waals surface area contributed by atoms with Crippen LogP contribution in [0.2, 0.25) is 0 Å². The lowest BCUT2D eigenvalue weighted by molar-refractivity contribution is -0.163. The van der Waals surface area contributed by atoms with Crippen LogP contribution in [-0.2, 0) is 23.8 Å². The van der Waals surface area contributed by atoms with Crippen molar-refractivity contribution in [2.45, 2.75) is 271 Å². The van der Waals surface area contributed by atoms with E-state index < -0.39 is 6.10 Å². The van der Waals surface area contributed by atoms with Crippen molar-refractivity contribution in [3.8, 4) is 0 Å². The van der Waals surface area contributed by atoms with Crippen molar-refractivity contribution in [2.75, 3.05) is 19.8 Å². The molecular weight excluding hydrogens is 861 g/mol. The highest BCUT2D eigenvalue weighted by Gasteiger charge is 2.17. The smallest absolute Gasteiger partial charge is 0.306 e. The average molecular weight is 972 g/mol. The van der Waals surface area contributed by atoms with Crippen LogP contribution in [0.25, 0.3) is 0 Å². The van der Waals surface area contributed by atoms with Gasteiger partial charge in [0.25, 0.3) is 0 Å². The highest BCUT2D eigenvalue weighted by Crippen LogP contribution is 2.14. The molecule has 5 nitrogen and oxygen atoms in total. The van der Waals surface area contributed by atoms with Gasteiger partial charge >= 0.3 is 11.9 Å². The minimum absolute atomic E-state index is 0.0620. The van der Waals surface area contributed by atoms with Crippen LogP contribution in [0.3, 0.4) is 0 Å². The van der Waals surface area contributed by atoms with Crippen molar-refractivity contribution >= 4 is 11.9 Å². The van der Waals surface area contributed by atoms with E-state index in [4.69, 9.17) is 14.2 Å². The monoisotopic (exact) mass is 971 g/mol. The highest BCUT2D eigenvalue weighted by molar-refractivity contribution is 5.70. The first-order chi connectivity index (χ1) is 34.6. The maximum absolute atomic E-state index is 12.9. The van der Waals surface area contributed by atoms with E-state index in [1.54, 1.807) is 0 Å². The Morgan fingerprint density at radius 1 is 0.329 bits per heavy atom. The number of esters is 2. The second-order valence-corrected chi connectivity index (χ2v) is 19.1. The zero-order chi connectivity index (χ0) is 50.6. The molecule has 5 heteroatoms. The molecular formula is C65H110O5. The topological polar surface area (TPSA) is 61.8 Å². The number of allylic oxidation sites excluding steroid dienone is 18. The third-order valence-electron chi connectivity index (χ3n) is 12.3. The summed E-state index contributed by atoms with van der Waals surface area (Å²) in [6.45, 7) is 7.55. The molecule has 0 spiro atoms. The first kappa shape index (κ1) is 66.6. The number of ether oxygens (including phenoxy) is 3. The zero-order valence-corrected chi connectivity index (χ0v) is 46.0. The Morgan fingerprint density at radius 2 is 0.643 bits per heavy atom. The van der Waals surface area contributed by atoms with E-state index in [0.29, 0.717) is 19.4 Å². The van der Waals surface area contributed by atoms with Crippen molar-refractivity contribution in [3.05, 3.63) is 109 Å². The number of rotatable bonds is 53. The van der Waals surface area contributed by atoms with E-state index in [9.17, 15) is 9.59 Å². The molecule has 0 N–H and O–H groups in total. The van der Waals surface area contributed by atoms with Crippen LogP contribution >= 0.6 is 0 Å². The first-order valence-electron chi connectivity index (χ1n) is 29.4. The van der Waals surface area contributed by atoms with Gasteiger partial charge in [-0.15, -0.1) is 0 Å². The second-order valence-electron chi connectivity index (χ2n) is 19.1. The third-order valence-corrected chi connectivity index (χ3v) is 12.3. The predicted octanol–water partition coefficient (Wildman–Crippen LogP) is 20.3. The molecule has 0 radical (unpaired) electrons. The Morgan fingerprint density at radius 3 is 1.03 bits per heavy atom. The lowest BCUT2D eigenvalue weighted by Gasteiger charge is -2.18. The fourth-order valence-corrected chi connectivity index (χ4v) is 7.96. The Labute approximate surface area is 434 Å². The van der Waals surface area contributed by atoms with Crippen molar-refractivity contribution in [3.63, 3.8) is 0 Å². The summed E-state index contributed by atoms with van der Waals surface area (Å²) in [6.07, 6.45) is 82.5. The molecule has 0 bridgehead atoms. The molecule has 0 aromatic rings. The summed E-state index contributed by atoms with van der Waals surface area (Å²) in [6, 6.07) is 0. The van der Waals surface area contributed by atoms with Gasteiger partial charge in [0.15, 0.2) is 6.10 Å². The quantitative estimate of drug-likeness (QED) is 0.0345. The lowest BCUT2D eigenvalue weighted by atomic mass is 10.1. The molecule has 0 heterocycles. The molecule has 1 unspecified atom stereocenters. The first-order valence-corrected chi connectivity index (χ1v) is 29.4. The maximum Gasteiger partial charge on any atom is 0.306 e. The standard InChI is InChI=1S/C65H110O5/c1-4-7-10-13-16-19-22-25-28-31-32-33-36-39-42-45-48-51-54-57-60-68-61-63(70-65(67)59-56-53-50-47-44-41-38-35-30-27-24-21-18-15-12-9-6-3)62-69-64(66)58-55-52-49-46-43-40-37-34-29-26-23-20-17-14-11-8-5-2/h8-9,11-12,16-21,25-30,37,40,63H,4-7,10,13-15,22-24,31-36,38-39,41-62H2,1-3H3/b11-8-,12-9-,19-16-,20-17-,21-18-,28-25-,29-26-,30-27-,40-37-. The lowest BCUT2D eigenvalue weighted by Crippen LogP contribution is -2.30. The van der Waals surface area contributed by atoms with E-state index in [2.05, 4.69) is 130 Å². The summed E-state index contributed by atoms with van der Waals surface area (Å²) < 4.78 is 17.5. The van der Waals surface area contributed by atoms with Crippen LogP contribution in [0.5, 0.6) is 0 Å². The highest BCUT2D eigenvalue weighted by atomic mass is 16.6. The molecule has 0 amide bonds. The molecule has 0 saturated heterocycles. The molecule has 0 aliphatic heterocycles. The van der Waals surface area contributed by atoms with Crippen LogP contribution in [-0.4, -0.2) is 37.9 Å². The summed E-state index contributed by atoms with van der Waals surface area (Å²) in [7, 11) is 0. The van der Waals surface area contributed by atoms with Crippen LogP contribution in [0, 0.1) is 0 Å². The van der Waals surface area contributed by atoms with Gasteiger partial charge in [0.2, 0.25) is 0 Å². The van der Waals surface area contributed by atoms with Crippen LogP contribution in [0.15, 0.2) is 109 Å². The molecule has 0 fully saturated rings. The number of hydrogen-bond donors (Lipinski definition) is 0. The fraction of sp³-hybridized carbons (Fsp3) is 0.692. The summed E-state index contributed by atoms with van der Waals surface area (Å²) in [5.41, 5.74) is 0. The Bertz CT molecular complexity index is 1380. The zero-order valence-electron chi connectivity index (χ0n) is 46.0. The largest absolute Gasteiger partial charge is 0.462 e. The summed E-state index contributed by atoms with van der Waals surface area (Å²) in [4.78, 5) is 25.6. The number of unbranched alkanes of at least 4 members (excludes halogenated alkanes) is 24. The van der Waals surface area contributed by atoms with E-state index in [1.165, 1.54) is 109 Å². The van der Waals surface area contributed by atoms with Crippen LogP contribution in [0.1, 0.15) is 265 Å². The van der Waals surface area contributed by atoms with E-state index in [1.807, 2.05) is 0 Å². The minimum atomic E-state index is -0.561. The van der Waals surface area contributed by atoms with E-state index in [-0.39, 0.29) is 25.2 Å².